The maximum absolute atomic E-state index is 11.8. The number of aromatic amines is 1. The number of carboxylic acids is 1. The molecule has 0 radical (unpaired) electrons. The van der Waals surface area contributed by atoms with Crippen LogP contribution < -0.4 is 4.72 Å². The number of carboxylic acid groups (broad SMARTS) is 1. The van der Waals surface area contributed by atoms with Gasteiger partial charge in [0.15, 0.2) is 0 Å². The third kappa shape index (κ3) is 3.76. The first kappa shape index (κ1) is 14.1. The minimum atomic E-state index is -3.65. The molecule has 0 saturated carbocycles. The van der Waals surface area contributed by atoms with Gasteiger partial charge in [-0.05, 0) is 19.2 Å². The predicted molar refractivity (Wildman–Crippen MR) is 65.9 cm³/mol. The summed E-state index contributed by atoms with van der Waals surface area (Å²) in [6.07, 6.45) is 3.04. The van der Waals surface area contributed by atoms with Crippen LogP contribution in [-0.2, 0) is 10.0 Å². The first-order valence-electron chi connectivity index (χ1n) is 4.80. The summed E-state index contributed by atoms with van der Waals surface area (Å²) in [7, 11) is -3.65. The van der Waals surface area contributed by atoms with Gasteiger partial charge in [0.2, 0.25) is 10.0 Å². The minimum Gasteiger partial charge on any atom is -0.477 e. The number of hydrogen-bond donors (Lipinski definition) is 3. The summed E-state index contributed by atoms with van der Waals surface area (Å²) >= 11 is 1.53. The van der Waals surface area contributed by atoms with Gasteiger partial charge in [-0.2, -0.15) is 11.8 Å². The summed E-state index contributed by atoms with van der Waals surface area (Å²) in [5, 5.41) is 8.68. The Kier molecular flexibility index (Phi) is 4.61. The number of H-pyrrole nitrogens is 1. The van der Waals surface area contributed by atoms with Gasteiger partial charge in [-0.15, -0.1) is 0 Å². The highest BCUT2D eigenvalue weighted by atomic mass is 32.2. The SMILES string of the molecule is CSCC(C)NS(=O)(=O)c1c[nH]c(C(=O)O)c1. The smallest absolute Gasteiger partial charge is 0.352 e. The lowest BCUT2D eigenvalue weighted by Crippen LogP contribution is -2.34. The molecule has 0 aliphatic heterocycles. The van der Waals surface area contributed by atoms with Crippen molar-refractivity contribution in [2.45, 2.75) is 17.9 Å². The van der Waals surface area contributed by atoms with E-state index in [9.17, 15) is 13.2 Å². The third-order valence-electron chi connectivity index (χ3n) is 1.97. The Hall–Kier alpha value is -0.990. The molecule has 0 fully saturated rings. The molecule has 1 atom stereocenters. The van der Waals surface area contributed by atoms with E-state index in [-0.39, 0.29) is 16.6 Å². The highest BCUT2D eigenvalue weighted by Gasteiger charge is 2.20. The number of hydrogen-bond acceptors (Lipinski definition) is 4. The Labute approximate surface area is 104 Å². The molecule has 3 N–H and O–H groups in total. The average molecular weight is 278 g/mol. The number of aromatic nitrogens is 1. The second-order valence-corrected chi connectivity index (χ2v) is 6.16. The summed E-state index contributed by atoms with van der Waals surface area (Å²) in [5.74, 6) is -0.543. The number of sulfonamides is 1. The van der Waals surface area contributed by atoms with Crippen LogP contribution in [0.2, 0.25) is 0 Å². The Bertz CT molecular complexity index is 495. The summed E-state index contributed by atoms with van der Waals surface area (Å²) in [6, 6.07) is 0.884. The van der Waals surface area contributed by atoms with E-state index in [1.165, 1.54) is 11.8 Å². The molecule has 0 aromatic carbocycles. The molecule has 0 amide bonds. The monoisotopic (exact) mass is 278 g/mol. The van der Waals surface area contributed by atoms with Gasteiger partial charge < -0.3 is 10.1 Å². The summed E-state index contributed by atoms with van der Waals surface area (Å²) < 4.78 is 26.1. The lowest BCUT2D eigenvalue weighted by atomic mass is 10.4. The van der Waals surface area contributed by atoms with E-state index < -0.39 is 16.0 Å². The summed E-state index contributed by atoms with van der Waals surface area (Å²) in [5.41, 5.74) is -0.150. The summed E-state index contributed by atoms with van der Waals surface area (Å²) in [4.78, 5) is 12.9. The van der Waals surface area contributed by atoms with Gasteiger partial charge in [-0.1, -0.05) is 0 Å². The minimum absolute atomic E-state index is 0.0668. The number of carbonyl (C=O) groups is 1. The molecule has 0 spiro atoms. The number of nitrogens with one attached hydrogen (secondary N) is 2. The predicted octanol–water partition coefficient (Wildman–Crippen LogP) is 0.743. The van der Waals surface area contributed by atoms with Gasteiger partial charge in [0, 0.05) is 18.0 Å². The van der Waals surface area contributed by atoms with Crippen LogP contribution in [0.15, 0.2) is 17.2 Å². The maximum Gasteiger partial charge on any atom is 0.352 e. The molecule has 1 aromatic rings. The van der Waals surface area contributed by atoms with Gasteiger partial charge in [0.1, 0.15) is 10.6 Å². The third-order valence-corrected chi connectivity index (χ3v) is 4.37. The standard InChI is InChI=1S/C9H14N2O4S2/c1-6(5-16-2)11-17(14,15)7-3-8(9(12)13)10-4-7/h3-4,6,10-11H,5H2,1-2H3,(H,12,13). The second kappa shape index (κ2) is 5.56. The van der Waals surface area contributed by atoms with E-state index >= 15 is 0 Å². The molecule has 0 bridgehead atoms. The van der Waals surface area contributed by atoms with Crippen molar-refractivity contribution in [3.63, 3.8) is 0 Å². The van der Waals surface area contributed by atoms with Crippen LogP contribution in [0.1, 0.15) is 17.4 Å². The topological polar surface area (TPSA) is 99.3 Å². The van der Waals surface area contributed by atoms with E-state index in [0.29, 0.717) is 5.75 Å². The number of thioether (sulfide) groups is 1. The lowest BCUT2D eigenvalue weighted by molar-refractivity contribution is 0.0691. The summed E-state index contributed by atoms with van der Waals surface area (Å²) in [6.45, 7) is 1.75. The first-order chi connectivity index (χ1) is 7.86. The fourth-order valence-electron chi connectivity index (χ4n) is 1.27. The van der Waals surface area contributed by atoms with Crippen molar-refractivity contribution < 1.29 is 18.3 Å². The molecule has 17 heavy (non-hydrogen) atoms. The van der Waals surface area contributed by atoms with Crippen molar-refractivity contribution >= 4 is 27.8 Å². The Balaban J connectivity index is 2.86. The molecule has 96 valence electrons. The van der Waals surface area contributed by atoms with Crippen LogP contribution in [0.4, 0.5) is 0 Å². The van der Waals surface area contributed by atoms with Gasteiger partial charge in [0.25, 0.3) is 0 Å². The zero-order chi connectivity index (χ0) is 13.1. The molecule has 6 nitrogen and oxygen atoms in total. The van der Waals surface area contributed by atoms with E-state index in [0.717, 1.165) is 12.3 Å². The van der Waals surface area contributed by atoms with Crippen molar-refractivity contribution in [1.82, 2.24) is 9.71 Å². The quantitative estimate of drug-likeness (QED) is 0.713. The Morgan fingerprint density at radius 3 is 2.76 bits per heavy atom. The number of aromatic carboxylic acids is 1. The molecule has 8 heteroatoms. The van der Waals surface area contributed by atoms with Crippen LogP contribution in [0.3, 0.4) is 0 Å². The Morgan fingerprint density at radius 2 is 2.29 bits per heavy atom. The fraction of sp³-hybridized carbons (Fsp3) is 0.444. The highest BCUT2D eigenvalue weighted by Crippen LogP contribution is 2.11. The van der Waals surface area contributed by atoms with Crippen molar-refractivity contribution in [1.29, 1.82) is 0 Å². The van der Waals surface area contributed by atoms with Crippen LogP contribution >= 0.6 is 11.8 Å². The maximum atomic E-state index is 11.8. The molecule has 0 saturated heterocycles. The zero-order valence-corrected chi connectivity index (χ0v) is 11.1. The van der Waals surface area contributed by atoms with Crippen LogP contribution in [-0.4, -0.2) is 42.5 Å². The van der Waals surface area contributed by atoms with Gasteiger partial charge >= 0.3 is 5.97 Å². The normalized spacial score (nSPS) is 13.5. The van der Waals surface area contributed by atoms with Crippen molar-refractivity contribution in [3.8, 4) is 0 Å². The molecule has 1 rings (SSSR count). The molecular weight excluding hydrogens is 264 g/mol. The zero-order valence-electron chi connectivity index (χ0n) is 9.43. The van der Waals surface area contributed by atoms with Gasteiger partial charge in [-0.3, -0.25) is 0 Å². The van der Waals surface area contributed by atoms with Gasteiger partial charge in [0.05, 0.1) is 0 Å². The van der Waals surface area contributed by atoms with Crippen molar-refractivity contribution in [2.24, 2.45) is 0 Å². The molecule has 1 aromatic heterocycles. The van der Waals surface area contributed by atoms with Crippen LogP contribution in [0.25, 0.3) is 0 Å². The fourth-order valence-corrected chi connectivity index (χ4v) is 3.20. The van der Waals surface area contributed by atoms with Crippen LogP contribution in [0, 0.1) is 0 Å². The van der Waals surface area contributed by atoms with Crippen LogP contribution in [0.5, 0.6) is 0 Å². The van der Waals surface area contributed by atoms with E-state index in [1.807, 2.05) is 6.26 Å². The number of rotatable bonds is 6. The molecular formula is C9H14N2O4S2. The average Bonchev–Trinajstić information content (AvgIpc) is 2.65. The molecule has 0 aliphatic rings. The van der Waals surface area contributed by atoms with Crippen molar-refractivity contribution in [2.75, 3.05) is 12.0 Å². The second-order valence-electron chi connectivity index (χ2n) is 3.53. The van der Waals surface area contributed by atoms with E-state index in [1.54, 1.807) is 6.92 Å². The van der Waals surface area contributed by atoms with E-state index in [2.05, 4.69) is 9.71 Å². The largest absolute Gasteiger partial charge is 0.477 e. The van der Waals surface area contributed by atoms with E-state index in [4.69, 9.17) is 5.11 Å². The van der Waals surface area contributed by atoms with Crippen molar-refractivity contribution in [3.05, 3.63) is 18.0 Å². The van der Waals surface area contributed by atoms with Gasteiger partial charge in [-0.25, -0.2) is 17.9 Å². The highest BCUT2D eigenvalue weighted by molar-refractivity contribution is 7.98. The molecule has 1 heterocycles. The first-order valence-corrected chi connectivity index (χ1v) is 7.67. The lowest BCUT2D eigenvalue weighted by Gasteiger charge is -2.11. The molecule has 1 unspecified atom stereocenters. The molecule has 0 aliphatic carbocycles. The Morgan fingerprint density at radius 1 is 1.65 bits per heavy atom.